The Kier molecular flexibility index (Phi) is 4.98. The summed E-state index contributed by atoms with van der Waals surface area (Å²) in [5.74, 6) is 0. The van der Waals surface area contributed by atoms with Crippen molar-refractivity contribution in [3.63, 3.8) is 0 Å². The van der Waals surface area contributed by atoms with Gasteiger partial charge in [-0.2, -0.15) is 0 Å². The van der Waals surface area contributed by atoms with Gasteiger partial charge in [-0.3, -0.25) is 0 Å². The molecule has 0 aliphatic heterocycles. The van der Waals surface area contributed by atoms with E-state index in [4.69, 9.17) is 9.47 Å². The Morgan fingerprint density at radius 2 is 2.44 bits per heavy atom. The Morgan fingerprint density at radius 1 is 1.78 bits per heavy atom. The fourth-order valence-electron chi connectivity index (χ4n) is 0.311. The van der Waals surface area contributed by atoms with Gasteiger partial charge in [-0.15, -0.1) is 0 Å². The quantitative estimate of drug-likeness (QED) is 0.420. The van der Waals surface area contributed by atoms with Crippen molar-refractivity contribution in [1.82, 2.24) is 0 Å². The Morgan fingerprint density at radius 3 is 2.89 bits per heavy atom. The predicted octanol–water partition coefficient (Wildman–Crippen LogP) is 1.34. The van der Waals surface area contributed by atoms with Crippen molar-refractivity contribution in [1.29, 1.82) is 0 Å². The molecular formula is C7H12O2. The summed E-state index contributed by atoms with van der Waals surface area (Å²) in [6, 6.07) is 0. The highest BCUT2D eigenvalue weighted by Gasteiger charge is 1.94. The Bertz CT molecular complexity index is 103. The minimum absolute atomic E-state index is 0.134. The number of ether oxygens (including phenoxy) is 2. The Balaban J connectivity index is 3.16. The van der Waals surface area contributed by atoms with Crippen molar-refractivity contribution < 1.29 is 9.47 Å². The van der Waals surface area contributed by atoms with E-state index in [0.717, 1.165) is 0 Å². The van der Waals surface area contributed by atoms with Crippen LogP contribution in [0.4, 0.5) is 0 Å². The zero-order valence-corrected chi connectivity index (χ0v) is 5.89. The molecule has 0 amide bonds. The van der Waals surface area contributed by atoms with Gasteiger partial charge in [-0.1, -0.05) is 12.3 Å². The summed E-state index contributed by atoms with van der Waals surface area (Å²) in [4.78, 5) is 0. The third-order valence-electron chi connectivity index (χ3n) is 0.900. The molecule has 0 aromatic carbocycles. The van der Waals surface area contributed by atoms with E-state index in [1.807, 2.05) is 6.92 Å². The summed E-state index contributed by atoms with van der Waals surface area (Å²) < 4.78 is 9.82. The second kappa shape index (κ2) is 5.42. The molecule has 0 bridgehead atoms. The number of hydrogen-bond donors (Lipinski definition) is 0. The highest BCUT2D eigenvalue weighted by atomic mass is 16.5. The summed E-state index contributed by atoms with van der Waals surface area (Å²) >= 11 is 0. The molecule has 0 saturated heterocycles. The molecule has 0 aliphatic rings. The summed E-state index contributed by atoms with van der Waals surface area (Å²) in [5, 5.41) is 0. The average Bonchev–Trinajstić information content (AvgIpc) is 1.89. The van der Waals surface area contributed by atoms with Crippen LogP contribution in [0.2, 0.25) is 0 Å². The second-order valence-corrected chi connectivity index (χ2v) is 1.70. The van der Waals surface area contributed by atoms with Gasteiger partial charge in [0.05, 0.1) is 6.10 Å². The summed E-state index contributed by atoms with van der Waals surface area (Å²) in [6.45, 7) is 5.82. The minimum atomic E-state index is 0.134. The van der Waals surface area contributed by atoms with Gasteiger partial charge in [0, 0.05) is 7.11 Å². The van der Waals surface area contributed by atoms with Gasteiger partial charge in [0.25, 0.3) is 0 Å². The fraction of sp³-hybridized carbons (Fsp3) is 0.571. The van der Waals surface area contributed by atoms with E-state index in [1.165, 1.54) is 6.26 Å². The van der Waals surface area contributed by atoms with E-state index in [1.54, 1.807) is 7.11 Å². The normalized spacial score (nSPS) is 11.8. The summed E-state index contributed by atoms with van der Waals surface area (Å²) in [6.07, 6.45) is 1.56. The Labute approximate surface area is 55.8 Å². The van der Waals surface area contributed by atoms with Crippen molar-refractivity contribution in [2.24, 2.45) is 0 Å². The lowest BCUT2D eigenvalue weighted by Gasteiger charge is -2.06. The first-order chi connectivity index (χ1) is 4.31. The van der Waals surface area contributed by atoms with Gasteiger partial charge >= 0.3 is 0 Å². The van der Waals surface area contributed by atoms with Crippen LogP contribution in [0.25, 0.3) is 0 Å². The molecule has 0 spiro atoms. The molecule has 1 atom stereocenters. The van der Waals surface area contributed by atoms with Gasteiger partial charge in [-0.25, -0.2) is 0 Å². The zero-order valence-electron chi connectivity index (χ0n) is 5.89. The molecule has 2 nitrogen and oxygen atoms in total. The number of rotatable bonds is 4. The molecule has 0 rings (SSSR count). The maximum atomic E-state index is 4.91. The van der Waals surface area contributed by atoms with Gasteiger partial charge in [0.1, 0.15) is 12.9 Å². The lowest BCUT2D eigenvalue weighted by atomic mass is 10.4. The van der Waals surface area contributed by atoms with Crippen LogP contribution in [-0.2, 0) is 9.47 Å². The lowest BCUT2D eigenvalue weighted by molar-refractivity contribution is 0.0549. The van der Waals surface area contributed by atoms with E-state index in [9.17, 15) is 0 Å². The molecule has 52 valence electrons. The standard InChI is InChI=1S/C7H12O2/c1-4-5-9-6-7(2)8-3/h5,7H,1,6H2,2-3H3. The van der Waals surface area contributed by atoms with E-state index < -0.39 is 0 Å². The molecule has 0 heterocycles. The average molecular weight is 128 g/mol. The number of hydrogen-bond acceptors (Lipinski definition) is 2. The second-order valence-electron chi connectivity index (χ2n) is 1.70. The van der Waals surface area contributed by atoms with Crippen molar-refractivity contribution >= 4 is 0 Å². The highest BCUT2D eigenvalue weighted by Crippen LogP contribution is 1.87. The van der Waals surface area contributed by atoms with Gasteiger partial charge in [0.2, 0.25) is 0 Å². The predicted molar refractivity (Wildman–Crippen MR) is 36.1 cm³/mol. The molecule has 0 radical (unpaired) electrons. The van der Waals surface area contributed by atoms with Crippen LogP contribution in [0.5, 0.6) is 0 Å². The molecule has 0 aromatic rings. The van der Waals surface area contributed by atoms with E-state index in [-0.39, 0.29) is 6.10 Å². The smallest absolute Gasteiger partial charge is 0.125 e. The largest absolute Gasteiger partial charge is 0.490 e. The molecular weight excluding hydrogens is 116 g/mol. The van der Waals surface area contributed by atoms with E-state index >= 15 is 0 Å². The first kappa shape index (κ1) is 8.28. The van der Waals surface area contributed by atoms with Crippen LogP contribution < -0.4 is 0 Å². The molecule has 0 saturated carbocycles. The van der Waals surface area contributed by atoms with E-state index in [2.05, 4.69) is 12.3 Å². The molecule has 9 heavy (non-hydrogen) atoms. The maximum absolute atomic E-state index is 4.91. The third-order valence-corrected chi connectivity index (χ3v) is 0.900. The first-order valence-corrected chi connectivity index (χ1v) is 2.80. The molecule has 2 heteroatoms. The van der Waals surface area contributed by atoms with Crippen LogP contribution >= 0.6 is 0 Å². The van der Waals surface area contributed by atoms with Crippen molar-refractivity contribution in [3.05, 3.63) is 18.6 Å². The van der Waals surface area contributed by atoms with Crippen LogP contribution in [0, 0.1) is 0 Å². The van der Waals surface area contributed by atoms with Gasteiger partial charge in [-0.05, 0) is 6.92 Å². The van der Waals surface area contributed by atoms with Crippen LogP contribution in [0.1, 0.15) is 6.92 Å². The maximum Gasteiger partial charge on any atom is 0.125 e. The fourth-order valence-corrected chi connectivity index (χ4v) is 0.311. The van der Waals surface area contributed by atoms with Crippen LogP contribution in [0.3, 0.4) is 0 Å². The number of methoxy groups -OCH3 is 1. The molecule has 0 fully saturated rings. The third kappa shape index (κ3) is 5.15. The Hall–Kier alpha value is -0.720. The van der Waals surface area contributed by atoms with Gasteiger partial charge in [0.15, 0.2) is 0 Å². The first-order valence-electron chi connectivity index (χ1n) is 2.80. The van der Waals surface area contributed by atoms with Crippen molar-refractivity contribution in [3.8, 4) is 0 Å². The molecule has 1 unspecified atom stereocenters. The monoisotopic (exact) mass is 128 g/mol. The summed E-state index contributed by atoms with van der Waals surface area (Å²) in [7, 11) is 1.64. The summed E-state index contributed by atoms with van der Waals surface area (Å²) in [5.41, 5.74) is 2.49. The van der Waals surface area contributed by atoms with Crippen LogP contribution in [0.15, 0.2) is 18.6 Å². The SMILES string of the molecule is C=C=COCC(C)OC. The van der Waals surface area contributed by atoms with Gasteiger partial charge < -0.3 is 9.47 Å². The zero-order chi connectivity index (χ0) is 7.11. The molecule has 0 aliphatic carbocycles. The van der Waals surface area contributed by atoms with Crippen molar-refractivity contribution in [2.75, 3.05) is 13.7 Å². The highest BCUT2D eigenvalue weighted by molar-refractivity contribution is 4.64. The molecule has 0 aromatic heterocycles. The molecule has 0 N–H and O–H groups in total. The minimum Gasteiger partial charge on any atom is -0.490 e. The van der Waals surface area contributed by atoms with Crippen molar-refractivity contribution in [2.45, 2.75) is 13.0 Å². The lowest BCUT2D eigenvalue weighted by Crippen LogP contribution is -2.11. The van der Waals surface area contributed by atoms with Crippen LogP contribution in [-0.4, -0.2) is 19.8 Å². The van der Waals surface area contributed by atoms with E-state index in [0.29, 0.717) is 6.61 Å². The topological polar surface area (TPSA) is 18.5 Å².